The lowest BCUT2D eigenvalue weighted by Gasteiger charge is -2.34. The molecule has 196 valence electrons. The van der Waals surface area contributed by atoms with Gasteiger partial charge in [0.05, 0.1) is 31.3 Å². The molecule has 1 aliphatic rings. The van der Waals surface area contributed by atoms with E-state index >= 15 is 0 Å². The number of carbonyl (C=O) groups excluding carboxylic acids is 1. The highest BCUT2D eigenvalue weighted by atomic mass is 32.2. The van der Waals surface area contributed by atoms with Crippen molar-refractivity contribution in [2.24, 2.45) is 0 Å². The summed E-state index contributed by atoms with van der Waals surface area (Å²) < 4.78 is 35.7. The molecular formula is C29H29N3O5S. The van der Waals surface area contributed by atoms with Crippen LogP contribution in [0.4, 0.5) is 0 Å². The van der Waals surface area contributed by atoms with Crippen molar-refractivity contribution in [1.29, 1.82) is 0 Å². The molecule has 1 aliphatic heterocycles. The summed E-state index contributed by atoms with van der Waals surface area (Å²) in [5.41, 5.74) is 2.66. The van der Waals surface area contributed by atoms with Crippen molar-refractivity contribution < 1.29 is 23.1 Å². The molecule has 0 saturated carbocycles. The third-order valence-electron chi connectivity index (χ3n) is 6.69. The molecule has 0 amide bonds. The molecule has 5 rings (SSSR count). The molecule has 3 aromatic carbocycles. The van der Waals surface area contributed by atoms with Gasteiger partial charge >= 0.3 is 0 Å². The molecule has 2 atom stereocenters. The Morgan fingerprint density at radius 3 is 2.55 bits per heavy atom. The summed E-state index contributed by atoms with van der Waals surface area (Å²) in [6.07, 6.45) is 0.471. The van der Waals surface area contributed by atoms with E-state index in [1.807, 2.05) is 42.5 Å². The second kappa shape index (κ2) is 11.5. The Labute approximate surface area is 222 Å². The van der Waals surface area contributed by atoms with E-state index in [2.05, 4.69) is 10.3 Å². The molecule has 0 saturated heterocycles. The fourth-order valence-electron chi connectivity index (χ4n) is 4.69. The lowest BCUT2D eigenvalue weighted by Crippen LogP contribution is -2.47. The monoisotopic (exact) mass is 531 g/mol. The quantitative estimate of drug-likeness (QED) is 0.265. The maximum Gasteiger partial charge on any atom is 0.245 e. The van der Waals surface area contributed by atoms with Gasteiger partial charge in [-0.15, -0.1) is 0 Å². The van der Waals surface area contributed by atoms with Crippen LogP contribution >= 0.6 is 0 Å². The number of aliphatic hydroxyl groups excluding tert-OH is 1. The van der Waals surface area contributed by atoms with Crippen LogP contribution in [-0.2, 0) is 27.9 Å². The smallest absolute Gasteiger partial charge is 0.245 e. The standard InChI is InChI=1S/C29H29N3O5S/c33-26(21-8-2-1-3-9-21)17-31-28(34)16-25-20-37-19-24-11-5-4-10-23(24)18-32(25)38(35,36)27-14-6-12-22-13-7-15-30-29(22)27/h1-15,25,28,31,34H,16-20H2. The number of aliphatic hydroxyl groups is 1. The molecule has 38 heavy (non-hydrogen) atoms. The number of ether oxygens (including phenoxy) is 1. The molecule has 1 aromatic heterocycles. The topological polar surface area (TPSA) is 109 Å². The summed E-state index contributed by atoms with van der Waals surface area (Å²) in [4.78, 5) is 17.0. The highest BCUT2D eigenvalue weighted by molar-refractivity contribution is 7.89. The average Bonchev–Trinajstić information content (AvgIpc) is 2.93. The van der Waals surface area contributed by atoms with E-state index in [1.54, 1.807) is 48.7 Å². The summed E-state index contributed by atoms with van der Waals surface area (Å²) in [5, 5.41) is 14.4. The SMILES string of the molecule is O=C(CNC(O)CC1COCc2ccccc2CN1S(=O)(=O)c1cccc2cccnc12)c1ccccc1. The highest BCUT2D eigenvalue weighted by Gasteiger charge is 2.36. The van der Waals surface area contributed by atoms with E-state index in [9.17, 15) is 18.3 Å². The average molecular weight is 532 g/mol. The number of ketones is 1. The van der Waals surface area contributed by atoms with Crippen LogP contribution in [0.1, 0.15) is 27.9 Å². The van der Waals surface area contributed by atoms with Gasteiger partial charge in [-0.05, 0) is 23.3 Å². The Kier molecular flexibility index (Phi) is 7.92. The van der Waals surface area contributed by atoms with Gasteiger partial charge in [0.1, 0.15) is 11.1 Å². The molecule has 8 nitrogen and oxygen atoms in total. The second-order valence-corrected chi connectivity index (χ2v) is 11.1. The van der Waals surface area contributed by atoms with Crippen molar-refractivity contribution in [3.8, 4) is 0 Å². The van der Waals surface area contributed by atoms with Gasteiger partial charge in [0, 0.05) is 30.1 Å². The molecule has 0 spiro atoms. The first-order valence-electron chi connectivity index (χ1n) is 12.4. The Morgan fingerprint density at radius 2 is 1.74 bits per heavy atom. The molecule has 0 radical (unpaired) electrons. The molecule has 0 fully saturated rings. The third kappa shape index (κ3) is 5.67. The Hall–Kier alpha value is -3.47. The Balaban J connectivity index is 1.44. The second-order valence-electron chi connectivity index (χ2n) is 9.24. The van der Waals surface area contributed by atoms with Gasteiger partial charge in [-0.25, -0.2) is 8.42 Å². The number of pyridine rings is 1. The number of para-hydroxylation sites is 1. The van der Waals surface area contributed by atoms with Gasteiger partial charge in [-0.2, -0.15) is 4.31 Å². The highest BCUT2D eigenvalue weighted by Crippen LogP contribution is 2.30. The van der Waals surface area contributed by atoms with Crippen LogP contribution in [0.5, 0.6) is 0 Å². The number of hydrogen-bond donors (Lipinski definition) is 2. The predicted molar refractivity (Wildman–Crippen MR) is 144 cm³/mol. The largest absolute Gasteiger partial charge is 0.379 e. The van der Waals surface area contributed by atoms with Gasteiger partial charge in [0.2, 0.25) is 10.0 Å². The minimum absolute atomic E-state index is 0.0294. The fourth-order valence-corrected chi connectivity index (χ4v) is 6.46. The number of rotatable bonds is 8. The number of carbonyl (C=O) groups is 1. The minimum Gasteiger partial charge on any atom is -0.379 e. The first-order chi connectivity index (χ1) is 18.4. The number of aromatic nitrogens is 1. The van der Waals surface area contributed by atoms with E-state index in [0.29, 0.717) is 17.7 Å². The van der Waals surface area contributed by atoms with Crippen molar-refractivity contribution in [3.05, 3.63) is 108 Å². The first kappa shape index (κ1) is 26.1. The van der Waals surface area contributed by atoms with E-state index in [-0.39, 0.29) is 36.8 Å². The van der Waals surface area contributed by atoms with Gasteiger partial charge in [0.15, 0.2) is 5.78 Å². The van der Waals surface area contributed by atoms with Crippen LogP contribution in [0.15, 0.2) is 96.0 Å². The van der Waals surface area contributed by atoms with Crippen molar-refractivity contribution >= 4 is 26.7 Å². The maximum absolute atomic E-state index is 14.2. The van der Waals surface area contributed by atoms with Crippen LogP contribution in [0.25, 0.3) is 10.9 Å². The number of sulfonamides is 1. The number of fused-ring (bicyclic) bond motifs is 2. The zero-order valence-corrected chi connectivity index (χ0v) is 21.5. The molecule has 2 N–H and O–H groups in total. The van der Waals surface area contributed by atoms with E-state index in [0.717, 1.165) is 16.5 Å². The fraction of sp³-hybridized carbons (Fsp3) is 0.241. The van der Waals surface area contributed by atoms with Gasteiger partial charge in [0.25, 0.3) is 0 Å². The minimum atomic E-state index is -4.05. The van der Waals surface area contributed by atoms with Crippen LogP contribution in [0, 0.1) is 0 Å². The Bertz CT molecular complexity index is 1520. The normalized spacial score (nSPS) is 17.3. The summed E-state index contributed by atoms with van der Waals surface area (Å²) in [6.45, 7) is 0.455. The summed E-state index contributed by atoms with van der Waals surface area (Å²) in [5.74, 6) is -0.168. The van der Waals surface area contributed by atoms with Crippen LogP contribution in [0.2, 0.25) is 0 Å². The maximum atomic E-state index is 14.2. The van der Waals surface area contributed by atoms with Crippen LogP contribution in [-0.4, -0.2) is 54.0 Å². The number of Topliss-reactive ketones (excluding diaryl/α,β-unsaturated/α-hetero) is 1. The summed E-state index contributed by atoms with van der Waals surface area (Å²) >= 11 is 0. The van der Waals surface area contributed by atoms with E-state index in [1.165, 1.54) is 4.31 Å². The van der Waals surface area contributed by atoms with Crippen LogP contribution < -0.4 is 5.32 Å². The zero-order chi connectivity index (χ0) is 26.5. The van der Waals surface area contributed by atoms with Gasteiger partial charge < -0.3 is 9.84 Å². The molecule has 4 aromatic rings. The third-order valence-corrected chi connectivity index (χ3v) is 8.62. The number of hydrogen-bond acceptors (Lipinski definition) is 7. The number of benzene rings is 3. The van der Waals surface area contributed by atoms with Crippen molar-refractivity contribution in [2.75, 3.05) is 13.2 Å². The molecule has 0 aliphatic carbocycles. The Morgan fingerprint density at radius 1 is 1.00 bits per heavy atom. The lowest BCUT2D eigenvalue weighted by molar-refractivity contribution is 0.0334. The van der Waals surface area contributed by atoms with E-state index in [4.69, 9.17) is 4.74 Å². The molecule has 2 unspecified atom stereocenters. The molecule has 9 heteroatoms. The number of nitrogens with zero attached hydrogens (tertiary/aromatic N) is 2. The summed E-state index contributed by atoms with van der Waals surface area (Å²) in [6, 6.07) is 24.3. The van der Waals surface area contributed by atoms with Crippen molar-refractivity contribution in [2.45, 2.75) is 36.7 Å². The lowest BCUT2D eigenvalue weighted by atomic mass is 10.1. The van der Waals surface area contributed by atoms with E-state index < -0.39 is 22.3 Å². The predicted octanol–water partition coefficient (Wildman–Crippen LogP) is 3.51. The molecular weight excluding hydrogens is 502 g/mol. The van der Waals surface area contributed by atoms with Crippen LogP contribution in [0.3, 0.4) is 0 Å². The van der Waals surface area contributed by atoms with Gasteiger partial charge in [-0.3, -0.25) is 15.1 Å². The number of nitrogens with one attached hydrogen (secondary N) is 1. The molecule has 2 heterocycles. The summed E-state index contributed by atoms with van der Waals surface area (Å²) in [7, 11) is -4.05. The molecule has 0 bridgehead atoms. The van der Waals surface area contributed by atoms with Crippen molar-refractivity contribution in [3.63, 3.8) is 0 Å². The van der Waals surface area contributed by atoms with Crippen molar-refractivity contribution in [1.82, 2.24) is 14.6 Å². The first-order valence-corrected chi connectivity index (χ1v) is 13.9. The van der Waals surface area contributed by atoms with Gasteiger partial charge in [-0.1, -0.05) is 72.8 Å². The zero-order valence-electron chi connectivity index (χ0n) is 20.7.